The molecule has 1 unspecified atom stereocenters. The summed E-state index contributed by atoms with van der Waals surface area (Å²) < 4.78 is 6.58. The Labute approximate surface area is 205 Å². The van der Waals surface area contributed by atoms with Gasteiger partial charge in [0.25, 0.3) is 0 Å². The number of rotatable bonds is 3. The number of likely N-dealkylation sites (tertiary alicyclic amines) is 1. The van der Waals surface area contributed by atoms with Gasteiger partial charge in [-0.25, -0.2) is 0 Å². The van der Waals surface area contributed by atoms with Crippen LogP contribution in [0.15, 0.2) is 50.9 Å². The highest BCUT2D eigenvalue weighted by molar-refractivity contribution is 9.10. The maximum atomic E-state index is 10.8. The van der Waals surface area contributed by atoms with Crippen LogP contribution in [0.4, 0.5) is 5.69 Å². The number of aliphatic hydroxyl groups excluding tert-OH is 1. The molecule has 3 heterocycles. The number of benzene rings is 2. The van der Waals surface area contributed by atoms with E-state index in [0.717, 1.165) is 29.5 Å². The molecule has 1 aromatic heterocycles. The Balaban J connectivity index is 1.41. The summed E-state index contributed by atoms with van der Waals surface area (Å²) in [6.45, 7) is 3.35. The molecule has 9 heteroatoms. The molecule has 1 fully saturated rings. The monoisotopic (exact) mass is 521 g/mol. The number of piperidine rings is 1. The first-order chi connectivity index (χ1) is 16.4. The minimum atomic E-state index is -1.08. The standard InChI is InChI=1S/C25H24BrN5O3/c1-14-5-3-4-6-16(14)24-29-28-23(34-24)15-7-9-31(10-8-15)22-17-11-19(26)21(32)12-20(17)30(2)25(33)18(22)13-27/h3-6,11-12,15,25,32-33H,7-10H2,1-2H3. The third kappa shape index (κ3) is 3.73. The molecule has 3 aromatic rings. The van der Waals surface area contributed by atoms with E-state index in [1.807, 2.05) is 31.2 Å². The Morgan fingerprint density at radius 2 is 1.88 bits per heavy atom. The Morgan fingerprint density at radius 1 is 1.15 bits per heavy atom. The van der Waals surface area contributed by atoms with Gasteiger partial charge in [-0.3, -0.25) is 0 Å². The number of phenolic OH excluding ortho intramolecular Hbond substituents is 1. The lowest BCUT2D eigenvalue weighted by Gasteiger charge is -2.41. The maximum Gasteiger partial charge on any atom is 0.248 e. The van der Waals surface area contributed by atoms with Gasteiger partial charge in [0.05, 0.1) is 15.9 Å². The summed E-state index contributed by atoms with van der Waals surface area (Å²) in [5.74, 6) is 1.36. The molecule has 0 spiro atoms. The van der Waals surface area contributed by atoms with Gasteiger partial charge in [0.15, 0.2) is 6.23 Å². The lowest BCUT2D eigenvalue weighted by Crippen LogP contribution is -2.41. The molecule has 2 aliphatic rings. The SMILES string of the molecule is Cc1ccccc1-c1nnc(C2CCN(C3=C(C#N)C(O)N(C)c4cc(O)c(Br)cc43)CC2)o1. The van der Waals surface area contributed by atoms with Crippen LogP contribution < -0.4 is 4.90 Å². The summed E-state index contributed by atoms with van der Waals surface area (Å²) in [6.07, 6.45) is 0.467. The van der Waals surface area contributed by atoms with Crippen LogP contribution in [0.5, 0.6) is 5.75 Å². The molecule has 0 radical (unpaired) electrons. The molecule has 34 heavy (non-hydrogen) atoms. The number of aromatic hydroxyl groups is 1. The van der Waals surface area contributed by atoms with E-state index in [2.05, 4.69) is 37.1 Å². The Morgan fingerprint density at radius 3 is 2.59 bits per heavy atom. The van der Waals surface area contributed by atoms with Crippen molar-refractivity contribution in [2.24, 2.45) is 0 Å². The first kappa shape index (κ1) is 22.4. The van der Waals surface area contributed by atoms with Gasteiger partial charge in [-0.2, -0.15) is 5.26 Å². The van der Waals surface area contributed by atoms with Crippen molar-refractivity contribution in [1.29, 1.82) is 5.26 Å². The third-order valence-electron chi connectivity index (χ3n) is 6.68. The molecule has 0 saturated carbocycles. The minimum absolute atomic E-state index is 0.0807. The van der Waals surface area contributed by atoms with Gasteiger partial charge in [0.2, 0.25) is 11.8 Å². The molecule has 0 bridgehead atoms. The van der Waals surface area contributed by atoms with E-state index in [-0.39, 0.29) is 11.7 Å². The van der Waals surface area contributed by atoms with Crippen molar-refractivity contribution < 1.29 is 14.6 Å². The van der Waals surface area contributed by atoms with Crippen molar-refractivity contribution in [1.82, 2.24) is 15.1 Å². The zero-order chi connectivity index (χ0) is 24.0. The Hall–Kier alpha value is -3.35. The van der Waals surface area contributed by atoms with Gasteiger partial charge in [0, 0.05) is 43.2 Å². The number of phenols is 1. The fourth-order valence-corrected chi connectivity index (χ4v) is 5.09. The zero-order valence-corrected chi connectivity index (χ0v) is 20.4. The number of nitrogens with zero attached hydrogens (tertiary/aromatic N) is 5. The maximum absolute atomic E-state index is 10.8. The van der Waals surface area contributed by atoms with Crippen molar-refractivity contribution in [3.8, 4) is 23.3 Å². The van der Waals surface area contributed by atoms with Crippen molar-refractivity contribution in [3.63, 3.8) is 0 Å². The predicted octanol–water partition coefficient (Wildman–Crippen LogP) is 4.40. The highest BCUT2D eigenvalue weighted by Crippen LogP contribution is 2.44. The summed E-state index contributed by atoms with van der Waals surface area (Å²) in [4.78, 5) is 3.73. The molecule has 8 nitrogen and oxygen atoms in total. The average molecular weight is 522 g/mol. The normalized spacial score (nSPS) is 18.7. The molecular formula is C25H24BrN5O3. The van der Waals surface area contributed by atoms with Crippen molar-refractivity contribution in [3.05, 3.63) is 63.5 Å². The quantitative estimate of drug-likeness (QED) is 0.521. The molecule has 1 saturated heterocycles. The van der Waals surface area contributed by atoms with Gasteiger partial charge in [0.1, 0.15) is 17.4 Å². The third-order valence-corrected chi connectivity index (χ3v) is 7.31. The van der Waals surface area contributed by atoms with Crippen molar-refractivity contribution in [2.45, 2.75) is 31.9 Å². The lowest BCUT2D eigenvalue weighted by molar-refractivity contribution is 0.208. The Bertz CT molecular complexity index is 1320. The summed E-state index contributed by atoms with van der Waals surface area (Å²) in [6, 6.07) is 13.5. The largest absolute Gasteiger partial charge is 0.507 e. The Kier molecular flexibility index (Phi) is 5.80. The van der Waals surface area contributed by atoms with Gasteiger partial charge in [-0.05, 0) is 53.4 Å². The molecule has 1 atom stereocenters. The summed E-state index contributed by atoms with van der Waals surface area (Å²) in [5.41, 5.74) is 4.49. The molecule has 0 amide bonds. The van der Waals surface area contributed by atoms with E-state index in [0.29, 0.717) is 46.3 Å². The number of hydrogen-bond donors (Lipinski definition) is 2. The van der Waals surface area contributed by atoms with Crippen LogP contribution in [0.2, 0.25) is 0 Å². The first-order valence-corrected chi connectivity index (χ1v) is 11.9. The number of anilines is 1. The fourth-order valence-electron chi connectivity index (χ4n) is 4.75. The number of hydrogen-bond acceptors (Lipinski definition) is 8. The smallest absolute Gasteiger partial charge is 0.248 e. The van der Waals surface area contributed by atoms with Crippen LogP contribution in [0.3, 0.4) is 0 Å². The predicted molar refractivity (Wildman–Crippen MR) is 131 cm³/mol. The molecule has 5 rings (SSSR count). The first-order valence-electron chi connectivity index (χ1n) is 11.1. The highest BCUT2D eigenvalue weighted by atomic mass is 79.9. The molecule has 2 N–H and O–H groups in total. The summed E-state index contributed by atoms with van der Waals surface area (Å²) in [5, 5.41) is 39.5. The second-order valence-corrected chi connectivity index (χ2v) is 9.56. The molecule has 174 valence electrons. The summed E-state index contributed by atoms with van der Waals surface area (Å²) in [7, 11) is 1.71. The number of fused-ring (bicyclic) bond motifs is 1. The number of aliphatic hydroxyl groups is 1. The van der Waals surface area contributed by atoms with Crippen LogP contribution in [0.25, 0.3) is 17.2 Å². The van der Waals surface area contributed by atoms with Gasteiger partial charge < -0.3 is 24.4 Å². The van der Waals surface area contributed by atoms with E-state index in [9.17, 15) is 15.5 Å². The van der Waals surface area contributed by atoms with Crippen molar-refractivity contribution >= 4 is 27.3 Å². The van der Waals surface area contributed by atoms with E-state index < -0.39 is 6.23 Å². The van der Waals surface area contributed by atoms with E-state index in [1.165, 1.54) is 0 Å². The number of aryl methyl sites for hydroxylation is 1. The van der Waals surface area contributed by atoms with E-state index >= 15 is 0 Å². The average Bonchev–Trinajstić information content (AvgIpc) is 3.33. The minimum Gasteiger partial charge on any atom is -0.507 e. The topological polar surface area (TPSA) is 110 Å². The lowest BCUT2D eigenvalue weighted by atomic mass is 9.92. The van der Waals surface area contributed by atoms with Crippen molar-refractivity contribution in [2.75, 3.05) is 25.0 Å². The van der Waals surface area contributed by atoms with Gasteiger partial charge in [-0.15, -0.1) is 10.2 Å². The zero-order valence-electron chi connectivity index (χ0n) is 18.9. The second kappa shape index (κ2) is 8.78. The molecule has 0 aliphatic carbocycles. The second-order valence-electron chi connectivity index (χ2n) is 8.70. The number of nitriles is 1. The van der Waals surface area contributed by atoms with Crippen LogP contribution in [-0.4, -0.2) is 51.7 Å². The number of aromatic nitrogens is 2. The molecule has 2 aliphatic heterocycles. The van der Waals surface area contributed by atoms with Crippen LogP contribution >= 0.6 is 15.9 Å². The van der Waals surface area contributed by atoms with Gasteiger partial charge in [-0.1, -0.05) is 18.2 Å². The van der Waals surface area contributed by atoms with E-state index in [1.54, 1.807) is 24.1 Å². The van der Waals surface area contributed by atoms with Gasteiger partial charge >= 0.3 is 0 Å². The van der Waals surface area contributed by atoms with Crippen LogP contribution in [0.1, 0.15) is 35.8 Å². The number of halogens is 1. The number of likely N-dealkylation sites (N-methyl/N-ethyl adjacent to an activating group) is 1. The van der Waals surface area contributed by atoms with Crippen LogP contribution in [-0.2, 0) is 0 Å². The highest BCUT2D eigenvalue weighted by Gasteiger charge is 2.36. The molecule has 2 aromatic carbocycles. The summed E-state index contributed by atoms with van der Waals surface area (Å²) >= 11 is 3.39. The fraction of sp³-hybridized carbons (Fsp3) is 0.320. The van der Waals surface area contributed by atoms with Crippen LogP contribution in [0, 0.1) is 18.3 Å². The molecular weight excluding hydrogens is 498 g/mol. The van der Waals surface area contributed by atoms with E-state index in [4.69, 9.17) is 4.42 Å².